The van der Waals surface area contributed by atoms with Crippen LogP contribution in [0.15, 0.2) is 23.3 Å². The quantitative estimate of drug-likeness (QED) is 0.616. The van der Waals surface area contributed by atoms with E-state index < -0.39 is 0 Å². The maximum Gasteiger partial charge on any atom is 0.309 e. The van der Waals surface area contributed by atoms with Crippen LogP contribution in [-0.2, 0) is 14.3 Å². The smallest absolute Gasteiger partial charge is 0.309 e. The molecule has 0 unspecified atom stereocenters. The van der Waals surface area contributed by atoms with Crippen molar-refractivity contribution in [3.8, 4) is 0 Å². The predicted octanol–water partition coefficient (Wildman–Crippen LogP) is 2.42. The first-order valence-corrected chi connectivity index (χ1v) is 6.59. The highest BCUT2D eigenvalue weighted by Crippen LogP contribution is 2.52. The van der Waals surface area contributed by atoms with Crippen LogP contribution in [0.3, 0.4) is 0 Å². The number of esters is 1. The van der Waals surface area contributed by atoms with E-state index in [1.807, 2.05) is 19.9 Å². The van der Waals surface area contributed by atoms with Crippen LogP contribution in [0.5, 0.6) is 0 Å². The van der Waals surface area contributed by atoms with Gasteiger partial charge in [-0.3, -0.25) is 9.59 Å². The summed E-state index contributed by atoms with van der Waals surface area (Å²) in [6, 6.07) is 0. The number of ketones is 1. The standard InChI is InChI=1S/C15H18O3/c1-8-10-4-6-15(3)7-5-11(16)9(2)12(15)13(10)18-14(8)17/h5,7-8,10,13H,4,6H2,1-3H3/t8-,10+,13+,15+/m1/s1. The van der Waals surface area contributed by atoms with Gasteiger partial charge in [0.1, 0.15) is 6.10 Å². The number of fused-ring (bicyclic) bond motifs is 3. The van der Waals surface area contributed by atoms with Gasteiger partial charge in [0.25, 0.3) is 0 Å². The van der Waals surface area contributed by atoms with Crippen molar-refractivity contribution in [1.29, 1.82) is 0 Å². The summed E-state index contributed by atoms with van der Waals surface area (Å²) in [5.41, 5.74) is 1.71. The molecule has 3 rings (SSSR count). The lowest BCUT2D eigenvalue weighted by Gasteiger charge is -2.42. The first-order chi connectivity index (χ1) is 8.44. The molecule has 0 aromatic rings. The Morgan fingerprint density at radius 1 is 1.39 bits per heavy atom. The number of hydrogen-bond donors (Lipinski definition) is 0. The molecule has 2 fully saturated rings. The summed E-state index contributed by atoms with van der Waals surface area (Å²) in [4.78, 5) is 23.6. The van der Waals surface area contributed by atoms with Crippen molar-refractivity contribution in [3.05, 3.63) is 23.3 Å². The molecule has 1 heterocycles. The van der Waals surface area contributed by atoms with Gasteiger partial charge in [0.05, 0.1) is 5.92 Å². The number of hydrogen-bond acceptors (Lipinski definition) is 3. The molecule has 3 nitrogen and oxygen atoms in total. The maximum absolute atomic E-state index is 11.9. The molecule has 0 bridgehead atoms. The minimum Gasteiger partial charge on any atom is -0.457 e. The fourth-order valence-corrected chi connectivity index (χ4v) is 3.69. The molecule has 1 aliphatic heterocycles. The molecule has 0 spiro atoms. The van der Waals surface area contributed by atoms with Crippen LogP contribution in [0.1, 0.15) is 33.6 Å². The number of carbonyl (C=O) groups excluding carboxylic acids is 2. The van der Waals surface area contributed by atoms with Gasteiger partial charge in [-0.15, -0.1) is 0 Å². The third-order valence-corrected chi connectivity index (χ3v) is 4.92. The second kappa shape index (κ2) is 3.56. The van der Waals surface area contributed by atoms with Gasteiger partial charge < -0.3 is 4.74 Å². The molecule has 1 saturated carbocycles. The topological polar surface area (TPSA) is 43.4 Å². The first-order valence-electron chi connectivity index (χ1n) is 6.59. The zero-order valence-electron chi connectivity index (χ0n) is 11.0. The molecular formula is C15H18O3. The van der Waals surface area contributed by atoms with Crippen molar-refractivity contribution in [2.75, 3.05) is 0 Å². The van der Waals surface area contributed by atoms with E-state index in [2.05, 4.69) is 6.92 Å². The molecule has 0 radical (unpaired) electrons. The minimum atomic E-state index is -0.180. The van der Waals surface area contributed by atoms with E-state index in [-0.39, 0.29) is 35.1 Å². The van der Waals surface area contributed by atoms with Crippen molar-refractivity contribution >= 4 is 11.8 Å². The summed E-state index contributed by atoms with van der Waals surface area (Å²) in [6.45, 7) is 5.94. The number of ether oxygens (including phenoxy) is 1. The molecule has 1 saturated heterocycles. The Balaban J connectivity index is 2.10. The highest BCUT2D eigenvalue weighted by molar-refractivity contribution is 6.05. The zero-order valence-corrected chi connectivity index (χ0v) is 11.0. The molecule has 4 atom stereocenters. The third-order valence-electron chi connectivity index (χ3n) is 4.92. The van der Waals surface area contributed by atoms with Crippen LogP contribution in [-0.4, -0.2) is 17.9 Å². The van der Waals surface area contributed by atoms with Crippen molar-refractivity contribution in [2.24, 2.45) is 17.3 Å². The lowest BCUT2D eigenvalue weighted by atomic mass is 9.62. The lowest BCUT2D eigenvalue weighted by molar-refractivity contribution is -0.143. The number of allylic oxidation sites excluding steroid dienone is 3. The monoisotopic (exact) mass is 246 g/mol. The van der Waals surface area contributed by atoms with Gasteiger partial charge in [0, 0.05) is 16.9 Å². The molecule has 96 valence electrons. The Morgan fingerprint density at radius 2 is 2.11 bits per heavy atom. The molecule has 18 heavy (non-hydrogen) atoms. The zero-order chi connectivity index (χ0) is 13.1. The minimum absolute atomic E-state index is 0.0409. The van der Waals surface area contributed by atoms with Crippen molar-refractivity contribution in [3.63, 3.8) is 0 Å². The van der Waals surface area contributed by atoms with Crippen LogP contribution in [0.4, 0.5) is 0 Å². The highest BCUT2D eigenvalue weighted by atomic mass is 16.6. The highest BCUT2D eigenvalue weighted by Gasteiger charge is 2.52. The van der Waals surface area contributed by atoms with Gasteiger partial charge in [-0.05, 0) is 31.4 Å². The summed E-state index contributed by atoms with van der Waals surface area (Å²) < 4.78 is 5.55. The lowest BCUT2D eigenvalue weighted by Crippen LogP contribution is -2.39. The van der Waals surface area contributed by atoms with E-state index in [4.69, 9.17) is 4.74 Å². The van der Waals surface area contributed by atoms with E-state index in [0.717, 1.165) is 24.0 Å². The second-order valence-corrected chi connectivity index (χ2v) is 6.00. The summed E-state index contributed by atoms with van der Waals surface area (Å²) in [5.74, 6) is 0.144. The molecular weight excluding hydrogens is 228 g/mol. The van der Waals surface area contributed by atoms with E-state index >= 15 is 0 Å². The maximum atomic E-state index is 11.9. The van der Waals surface area contributed by atoms with Crippen LogP contribution >= 0.6 is 0 Å². The number of carbonyl (C=O) groups is 2. The van der Waals surface area contributed by atoms with Gasteiger partial charge >= 0.3 is 5.97 Å². The third kappa shape index (κ3) is 1.36. The summed E-state index contributed by atoms with van der Waals surface area (Å²) in [5, 5.41) is 0. The van der Waals surface area contributed by atoms with Gasteiger partial charge in [0.2, 0.25) is 0 Å². The summed E-state index contributed by atoms with van der Waals surface area (Å²) in [7, 11) is 0. The van der Waals surface area contributed by atoms with Crippen molar-refractivity contribution in [2.45, 2.75) is 39.7 Å². The Kier molecular flexibility index (Phi) is 2.31. The Bertz CT molecular complexity index is 500. The normalized spacial score (nSPS) is 42.7. The fraction of sp³-hybridized carbons (Fsp3) is 0.600. The molecule has 0 aromatic carbocycles. The van der Waals surface area contributed by atoms with E-state index in [0.29, 0.717) is 0 Å². The van der Waals surface area contributed by atoms with Crippen LogP contribution in [0, 0.1) is 17.3 Å². The predicted molar refractivity (Wildman–Crippen MR) is 66.7 cm³/mol. The molecule has 0 aromatic heterocycles. The van der Waals surface area contributed by atoms with Gasteiger partial charge in [-0.25, -0.2) is 0 Å². The van der Waals surface area contributed by atoms with Crippen LogP contribution < -0.4 is 0 Å². The first kappa shape index (κ1) is 11.7. The Labute approximate surface area is 107 Å². The van der Waals surface area contributed by atoms with E-state index in [1.54, 1.807) is 6.08 Å². The van der Waals surface area contributed by atoms with Crippen LogP contribution in [0.2, 0.25) is 0 Å². The largest absolute Gasteiger partial charge is 0.457 e. The Morgan fingerprint density at radius 3 is 2.83 bits per heavy atom. The van der Waals surface area contributed by atoms with Crippen molar-refractivity contribution < 1.29 is 14.3 Å². The van der Waals surface area contributed by atoms with E-state index in [1.165, 1.54) is 0 Å². The SMILES string of the molecule is CC1=C2[C@H]3OC(=O)[C@H](C)[C@@H]3CC[C@@]2(C)C=CC1=O. The average molecular weight is 246 g/mol. The molecule has 3 aliphatic rings. The second-order valence-electron chi connectivity index (χ2n) is 6.00. The van der Waals surface area contributed by atoms with Gasteiger partial charge in [-0.1, -0.05) is 19.9 Å². The van der Waals surface area contributed by atoms with Crippen LogP contribution in [0.25, 0.3) is 0 Å². The Hall–Kier alpha value is -1.38. The van der Waals surface area contributed by atoms with E-state index in [9.17, 15) is 9.59 Å². The molecule has 3 heteroatoms. The number of rotatable bonds is 0. The molecule has 0 amide bonds. The average Bonchev–Trinajstić information content (AvgIpc) is 2.60. The van der Waals surface area contributed by atoms with Crippen molar-refractivity contribution in [1.82, 2.24) is 0 Å². The molecule has 2 aliphatic carbocycles. The van der Waals surface area contributed by atoms with Gasteiger partial charge in [0.15, 0.2) is 5.78 Å². The molecule has 0 N–H and O–H groups in total. The fourth-order valence-electron chi connectivity index (χ4n) is 3.69. The van der Waals surface area contributed by atoms with Gasteiger partial charge in [-0.2, -0.15) is 0 Å². The summed E-state index contributed by atoms with van der Waals surface area (Å²) >= 11 is 0. The summed E-state index contributed by atoms with van der Waals surface area (Å²) in [6.07, 6.45) is 5.46.